The topological polar surface area (TPSA) is 124 Å². The second-order valence-electron chi connectivity index (χ2n) is 5.59. The molecule has 3 N–H and O–H groups in total. The molecule has 10 heteroatoms. The van der Waals surface area contributed by atoms with Crippen LogP contribution in [0.25, 0.3) is 0 Å². The summed E-state index contributed by atoms with van der Waals surface area (Å²) in [5, 5.41) is 21.7. The van der Waals surface area contributed by atoms with Crippen LogP contribution < -0.4 is 5.32 Å². The third-order valence-corrected chi connectivity index (χ3v) is 3.83. The standard InChI is InChI=1S/C12H26NO8P/c1-8(14)10(15)9(7-20-22(17,18-5)19-6)13-11(16)21-12(2,3)4/h8-10,14-15H,7H2,1-6H3,(H,13,16)/t8-,9+,10-/m1/s1. The van der Waals surface area contributed by atoms with Crippen molar-refractivity contribution >= 4 is 13.9 Å². The lowest BCUT2D eigenvalue weighted by Gasteiger charge is -2.28. The molecule has 22 heavy (non-hydrogen) atoms. The van der Waals surface area contributed by atoms with E-state index >= 15 is 0 Å². The number of phosphoric ester groups is 1. The van der Waals surface area contributed by atoms with Gasteiger partial charge in [-0.1, -0.05) is 0 Å². The fourth-order valence-corrected chi connectivity index (χ4v) is 2.08. The fraction of sp³-hybridized carbons (Fsp3) is 0.917. The molecule has 0 aliphatic carbocycles. The summed E-state index contributed by atoms with van der Waals surface area (Å²) in [6, 6.07) is -1.08. The van der Waals surface area contributed by atoms with Gasteiger partial charge in [-0.2, -0.15) is 0 Å². The Labute approximate surface area is 130 Å². The van der Waals surface area contributed by atoms with E-state index in [9.17, 15) is 19.6 Å². The van der Waals surface area contributed by atoms with Crippen LogP contribution in [0.15, 0.2) is 0 Å². The molecule has 1 amide bonds. The van der Waals surface area contributed by atoms with Crippen LogP contribution >= 0.6 is 7.82 Å². The highest BCUT2D eigenvalue weighted by atomic mass is 31.2. The van der Waals surface area contributed by atoms with Crippen molar-refractivity contribution in [3.63, 3.8) is 0 Å². The van der Waals surface area contributed by atoms with E-state index in [2.05, 4.69) is 14.4 Å². The molecular weight excluding hydrogens is 317 g/mol. The van der Waals surface area contributed by atoms with Crippen molar-refractivity contribution in [1.29, 1.82) is 0 Å². The van der Waals surface area contributed by atoms with Crippen molar-refractivity contribution in [3.05, 3.63) is 0 Å². The number of carbonyl (C=O) groups is 1. The molecule has 0 spiro atoms. The van der Waals surface area contributed by atoms with E-state index in [0.717, 1.165) is 14.2 Å². The van der Waals surface area contributed by atoms with Crippen LogP contribution in [0, 0.1) is 0 Å². The molecule has 0 rings (SSSR count). The summed E-state index contributed by atoms with van der Waals surface area (Å²) >= 11 is 0. The molecule has 0 fully saturated rings. The maximum absolute atomic E-state index is 11.8. The number of aliphatic hydroxyl groups is 2. The Morgan fingerprint density at radius 1 is 1.23 bits per heavy atom. The van der Waals surface area contributed by atoms with Crippen molar-refractivity contribution in [1.82, 2.24) is 5.32 Å². The molecule has 0 aliphatic rings. The number of aliphatic hydroxyl groups excluding tert-OH is 2. The van der Waals surface area contributed by atoms with E-state index in [-0.39, 0.29) is 0 Å². The average Bonchev–Trinajstić information content (AvgIpc) is 2.40. The van der Waals surface area contributed by atoms with Gasteiger partial charge >= 0.3 is 13.9 Å². The molecule has 0 aromatic carbocycles. The van der Waals surface area contributed by atoms with Gasteiger partial charge in [-0.3, -0.25) is 13.6 Å². The van der Waals surface area contributed by atoms with Crippen LogP contribution in [-0.4, -0.2) is 61.0 Å². The van der Waals surface area contributed by atoms with Gasteiger partial charge in [0.2, 0.25) is 0 Å². The Balaban J connectivity index is 4.85. The molecule has 0 saturated heterocycles. The van der Waals surface area contributed by atoms with E-state index in [1.54, 1.807) is 20.8 Å². The number of amides is 1. The maximum Gasteiger partial charge on any atom is 0.474 e. The summed E-state index contributed by atoms with van der Waals surface area (Å²) in [7, 11) is -1.51. The molecule has 0 heterocycles. The molecular formula is C12H26NO8P. The summed E-state index contributed by atoms with van der Waals surface area (Å²) < 4.78 is 31.0. The van der Waals surface area contributed by atoms with Gasteiger partial charge in [0.1, 0.15) is 11.7 Å². The molecule has 0 unspecified atom stereocenters. The number of rotatable bonds is 8. The minimum atomic E-state index is -3.77. The highest BCUT2D eigenvalue weighted by molar-refractivity contribution is 7.48. The monoisotopic (exact) mass is 343 g/mol. The zero-order valence-corrected chi connectivity index (χ0v) is 14.6. The molecule has 0 aliphatic heterocycles. The number of alkyl carbamates (subject to hydrolysis) is 1. The van der Waals surface area contributed by atoms with Crippen LogP contribution in [0.5, 0.6) is 0 Å². The average molecular weight is 343 g/mol. The first-order valence-corrected chi connectivity index (χ1v) is 8.12. The molecule has 3 atom stereocenters. The number of carbonyl (C=O) groups excluding carboxylic acids is 1. The van der Waals surface area contributed by atoms with Crippen LogP contribution in [0.4, 0.5) is 4.79 Å². The fourth-order valence-electron chi connectivity index (χ4n) is 1.37. The molecule has 0 radical (unpaired) electrons. The van der Waals surface area contributed by atoms with Gasteiger partial charge in [0.05, 0.1) is 18.8 Å². The minimum absolute atomic E-state index is 0.412. The molecule has 132 valence electrons. The van der Waals surface area contributed by atoms with E-state index in [0.29, 0.717) is 0 Å². The second kappa shape index (κ2) is 8.81. The third kappa shape index (κ3) is 8.07. The van der Waals surface area contributed by atoms with Crippen LogP contribution in [0.1, 0.15) is 27.7 Å². The lowest BCUT2D eigenvalue weighted by atomic mass is 10.1. The van der Waals surface area contributed by atoms with Crippen molar-refractivity contribution < 1.29 is 37.9 Å². The van der Waals surface area contributed by atoms with Crippen molar-refractivity contribution in [2.24, 2.45) is 0 Å². The van der Waals surface area contributed by atoms with Crippen molar-refractivity contribution in [2.45, 2.75) is 51.5 Å². The SMILES string of the molecule is COP(=O)(OC)OC[C@H](NC(=O)OC(C)(C)C)[C@H](O)[C@@H](C)O. The van der Waals surface area contributed by atoms with E-state index < -0.39 is 44.4 Å². The molecule has 9 nitrogen and oxygen atoms in total. The normalized spacial score (nSPS) is 16.7. The van der Waals surface area contributed by atoms with Gasteiger partial charge in [-0.15, -0.1) is 0 Å². The first kappa shape index (κ1) is 21.3. The quantitative estimate of drug-likeness (QED) is 0.559. The first-order chi connectivity index (χ1) is 9.94. The molecule has 0 aromatic heterocycles. The zero-order valence-electron chi connectivity index (χ0n) is 13.7. The predicted molar refractivity (Wildman–Crippen MR) is 78.4 cm³/mol. The van der Waals surface area contributed by atoms with Gasteiger partial charge in [0.25, 0.3) is 0 Å². The van der Waals surface area contributed by atoms with Crippen molar-refractivity contribution in [3.8, 4) is 0 Å². The Morgan fingerprint density at radius 3 is 2.09 bits per heavy atom. The number of nitrogens with one attached hydrogen (secondary N) is 1. The second-order valence-corrected chi connectivity index (χ2v) is 7.47. The van der Waals surface area contributed by atoms with Gasteiger partial charge < -0.3 is 20.3 Å². The van der Waals surface area contributed by atoms with E-state index in [1.807, 2.05) is 0 Å². The number of phosphoric acid groups is 1. The largest absolute Gasteiger partial charge is 0.474 e. The summed E-state index contributed by atoms with van der Waals surface area (Å²) in [6.07, 6.45) is -3.34. The van der Waals surface area contributed by atoms with E-state index in [1.165, 1.54) is 6.92 Å². The summed E-state index contributed by atoms with van der Waals surface area (Å²) in [5.74, 6) is 0. The number of hydrogen-bond donors (Lipinski definition) is 3. The number of ether oxygens (including phenoxy) is 1. The van der Waals surface area contributed by atoms with Gasteiger partial charge in [-0.25, -0.2) is 9.36 Å². The summed E-state index contributed by atoms with van der Waals surface area (Å²) in [4.78, 5) is 11.7. The van der Waals surface area contributed by atoms with Crippen LogP contribution in [-0.2, 0) is 22.9 Å². The highest BCUT2D eigenvalue weighted by Gasteiger charge is 2.31. The Bertz CT molecular complexity index is 387. The van der Waals surface area contributed by atoms with Gasteiger partial charge in [0.15, 0.2) is 0 Å². The highest BCUT2D eigenvalue weighted by Crippen LogP contribution is 2.47. The van der Waals surface area contributed by atoms with Gasteiger partial charge in [0, 0.05) is 14.2 Å². The van der Waals surface area contributed by atoms with E-state index in [4.69, 9.17) is 9.26 Å². The predicted octanol–water partition coefficient (Wildman–Crippen LogP) is 1.04. The lowest BCUT2D eigenvalue weighted by molar-refractivity contribution is -0.0137. The Kier molecular flexibility index (Phi) is 8.53. The lowest BCUT2D eigenvalue weighted by Crippen LogP contribution is -2.51. The summed E-state index contributed by atoms with van der Waals surface area (Å²) in [6.45, 7) is 5.94. The minimum Gasteiger partial charge on any atom is -0.444 e. The molecule has 0 saturated carbocycles. The first-order valence-electron chi connectivity index (χ1n) is 6.66. The Hall–Kier alpha value is -0.700. The van der Waals surface area contributed by atoms with Crippen LogP contribution in [0.3, 0.4) is 0 Å². The smallest absolute Gasteiger partial charge is 0.444 e. The Morgan fingerprint density at radius 2 is 1.73 bits per heavy atom. The maximum atomic E-state index is 11.8. The molecule has 0 aromatic rings. The van der Waals surface area contributed by atoms with Gasteiger partial charge in [-0.05, 0) is 27.7 Å². The number of hydrogen-bond acceptors (Lipinski definition) is 8. The third-order valence-electron chi connectivity index (χ3n) is 2.47. The zero-order chi connectivity index (χ0) is 17.6. The summed E-state index contributed by atoms with van der Waals surface area (Å²) in [5.41, 5.74) is -0.736. The van der Waals surface area contributed by atoms with Crippen molar-refractivity contribution in [2.75, 3.05) is 20.8 Å². The van der Waals surface area contributed by atoms with Crippen LogP contribution in [0.2, 0.25) is 0 Å². The molecule has 0 bridgehead atoms.